The van der Waals surface area contributed by atoms with E-state index in [2.05, 4.69) is 0 Å². The standard InChI is InChI=1S/C7H15NO3/c1-7(2)10-4-5(3-9)6(8)11-7/h5-6,9H,3-4,8H2,1-2H3. The van der Waals surface area contributed by atoms with Crippen molar-refractivity contribution in [3.05, 3.63) is 0 Å². The quantitative estimate of drug-likeness (QED) is 0.552. The second-order valence-corrected chi connectivity index (χ2v) is 3.24. The van der Waals surface area contributed by atoms with Crippen molar-refractivity contribution in [1.82, 2.24) is 0 Å². The minimum atomic E-state index is -0.606. The normalized spacial score (nSPS) is 37.1. The number of aliphatic hydroxyl groups is 1. The van der Waals surface area contributed by atoms with Crippen LogP contribution in [-0.4, -0.2) is 30.3 Å². The number of hydrogen-bond donors (Lipinski definition) is 2. The van der Waals surface area contributed by atoms with Crippen molar-refractivity contribution in [2.45, 2.75) is 25.9 Å². The Morgan fingerprint density at radius 3 is 2.73 bits per heavy atom. The first-order valence-electron chi connectivity index (χ1n) is 3.73. The first kappa shape index (κ1) is 8.93. The third-order valence-corrected chi connectivity index (χ3v) is 1.76. The van der Waals surface area contributed by atoms with E-state index in [-0.39, 0.29) is 12.5 Å². The molecule has 3 N–H and O–H groups in total. The minimum Gasteiger partial charge on any atom is -0.396 e. The molecule has 4 heteroatoms. The maximum atomic E-state index is 8.79. The van der Waals surface area contributed by atoms with Gasteiger partial charge < -0.3 is 20.3 Å². The van der Waals surface area contributed by atoms with Gasteiger partial charge in [0.15, 0.2) is 5.79 Å². The summed E-state index contributed by atoms with van der Waals surface area (Å²) in [5, 5.41) is 8.79. The van der Waals surface area contributed by atoms with Crippen LogP contribution in [0.3, 0.4) is 0 Å². The number of hydrogen-bond acceptors (Lipinski definition) is 4. The van der Waals surface area contributed by atoms with Gasteiger partial charge in [-0.25, -0.2) is 0 Å². The molecule has 1 aliphatic heterocycles. The molecule has 0 aromatic rings. The predicted octanol–water partition coefficient (Wildman–Crippen LogP) is -0.337. The summed E-state index contributed by atoms with van der Waals surface area (Å²) < 4.78 is 10.5. The Balaban J connectivity index is 2.48. The molecule has 1 fully saturated rings. The molecule has 0 saturated carbocycles. The molecule has 11 heavy (non-hydrogen) atoms. The van der Waals surface area contributed by atoms with Crippen LogP contribution in [-0.2, 0) is 9.47 Å². The lowest BCUT2D eigenvalue weighted by atomic mass is 10.1. The van der Waals surface area contributed by atoms with E-state index < -0.39 is 12.0 Å². The summed E-state index contributed by atoms with van der Waals surface area (Å²) in [4.78, 5) is 0. The van der Waals surface area contributed by atoms with Crippen molar-refractivity contribution < 1.29 is 14.6 Å². The summed E-state index contributed by atoms with van der Waals surface area (Å²) in [6.07, 6.45) is -0.413. The van der Waals surface area contributed by atoms with Crippen molar-refractivity contribution in [2.75, 3.05) is 13.2 Å². The highest BCUT2D eigenvalue weighted by atomic mass is 16.7. The van der Waals surface area contributed by atoms with E-state index in [0.29, 0.717) is 6.61 Å². The zero-order chi connectivity index (χ0) is 8.48. The van der Waals surface area contributed by atoms with Crippen LogP contribution in [0.4, 0.5) is 0 Å². The summed E-state index contributed by atoms with van der Waals surface area (Å²) >= 11 is 0. The number of ether oxygens (including phenoxy) is 2. The molecule has 0 aromatic carbocycles. The third-order valence-electron chi connectivity index (χ3n) is 1.76. The molecule has 1 aliphatic rings. The molecule has 0 radical (unpaired) electrons. The Kier molecular flexibility index (Phi) is 2.49. The summed E-state index contributed by atoms with van der Waals surface area (Å²) in [5.41, 5.74) is 5.60. The van der Waals surface area contributed by atoms with Crippen molar-refractivity contribution in [3.63, 3.8) is 0 Å². The lowest BCUT2D eigenvalue weighted by Crippen LogP contribution is -2.50. The zero-order valence-electron chi connectivity index (χ0n) is 6.91. The van der Waals surface area contributed by atoms with Gasteiger partial charge in [0.1, 0.15) is 6.23 Å². The first-order valence-corrected chi connectivity index (χ1v) is 3.73. The largest absolute Gasteiger partial charge is 0.396 e. The lowest BCUT2D eigenvalue weighted by molar-refractivity contribution is -0.294. The smallest absolute Gasteiger partial charge is 0.164 e. The van der Waals surface area contributed by atoms with Gasteiger partial charge in [0.05, 0.1) is 13.2 Å². The maximum absolute atomic E-state index is 8.79. The van der Waals surface area contributed by atoms with Crippen LogP contribution >= 0.6 is 0 Å². The minimum absolute atomic E-state index is 0.0112. The summed E-state index contributed by atoms with van der Waals surface area (Å²) in [7, 11) is 0. The molecule has 4 nitrogen and oxygen atoms in total. The van der Waals surface area contributed by atoms with E-state index in [1.54, 1.807) is 13.8 Å². The van der Waals surface area contributed by atoms with Gasteiger partial charge in [0, 0.05) is 5.92 Å². The third kappa shape index (κ3) is 2.13. The van der Waals surface area contributed by atoms with Crippen LogP contribution in [0.1, 0.15) is 13.8 Å². The van der Waals surface area contributed by atoms with Crippen molar-refractivity contribution in [3.8, 4) is 0 Å². The molecular formula is C7H15NO3. The Morgan fingerprint density at radius 2 is 2.27 bits per heavy atom. The van der Waals surface area contributed by atoms with Gasteiger partial charge in [-0.1, -0.05) is 0 Å². The van der Waals surface area contributed by atoms with Gasteiger partial charge in [-0.2, -0.15) is 0 Å². The highest BCUT2D eigenvalue weighted by molar-refractivity contribution is 4.72. The van der Waals surface area contributed by atoms with Gasteiger partial charge in [-0.15, -0.1) is 0 Å². The van der Waals surface area contributed by atoms with Crippen LogP contribution in [0.5, 0.6) is 0 Å². The number of aliphatic hydroxyl groups excluding tert-OH is 1. The Hall–Kier alpha value is -0.160. The van der Waals surface area contributed by atoms with Crippen LogP contribution in [0, 0.1) is 5.92 Å². The fourth-order valence-electron chi connectivity index (χ4n) is 1.02. The van der Waals surface area contributed by atoms with Crippen LogP contribution < -0.4 is 5.73 Å². The number of nitrogens with two attached hydrogens (primary N) is 1. The molecule has 0 bridgehead atoms. The number of rotatable bonds is 1. The molecule has 0 spiro atoms. The van der Waals surface area contributed by atoms with Gasteiger partial charge >= 0.3 is 0 Å². The molecule has 0 aromatic heterocycles. The molecule has 1 saturated heterocycles. The van der Waals surface area contributed by atoms with Crippen LogP contribution in [0.25, 0.3) is 0 Å². The average Bonchev–Trinajstić information content (AvgIpc) is 1.86. The van der Waals surface area contributed by atoms with E-state index >= 15 is 0 Å². The SMILES string of the molecule is CC1(C)OCC(CO)C(N)O1. The van der Waals surface area contributed by atoms with Crippen LogP contribution in [0.2, 0.25) is 0 Å². The molecule has 2 atom stereocenters. The van der Waals surface area contributed by atoms with Crippen molar-refractivity contribution >= 4 is 0 Å². The second kappa shape index (κ2) is 3.06. The van der Waals surface area contributed by atoms with E-state index in [1.807, 2.05) is 0 Å². The molecule has 0 aliphatic carbocycles. The Morgan fingerprint density at radius 1 is 1.64 bits per heavy atom. The highest BCUT2D eigenvalue weighted by Crippen LogP contribution is 2.22. The van der Waals surface area contributed by atoms with Gasteiger partial charge in [0.25, 0.3) is 0 Å². The molecule has 66 valence electrons. The lowest BCUT2D eigenvalue weighted by Gasteiger charge is -2.38. The fourth-order valence-corrected chi connectivity index (χ4v) is 1.02. The van der Waals surface area contributed by atoms with Gasteiger partial charge in [-0.05, 0) is 13.8 Å². The molecule has 0 amide bonds. The van der Waals surface area contributed by atoms with E-state index in [1.165, 1.54) is 0 Å². The Bertz CT molecular complexity index is 138. The summed E-state index contributed by atoms with van der Waals surface area (Å²) in [6, 6.07) is 0. The topological polar surface area (TPSA) is 64.7 Å². The van der Waals surface area contributed by atoms with Crippen LogP contribution in [0.15, 0.2) is 0 Å². The Labute approximate surface area is 66.3 Å². The van der Waals surface area contributed by atoms with Crippen molar-refractivity contribution in [2.24, 2.45) is 11.7 Å². The zero-order valence-corrected chi connectivity index (χ0v) is 6.91. The monoisotopic (exact) mass is 161 g/mol. The molecular weight excluding hydrogens is 146 g/mol. The molecule has 1 heterocycles. The molecule has 2 unspecified atom stereocenters. The van der Waals surface area contributed by atoms with E-state index in [9.17, 15) is 0 Å². The summed E-state index contributed by atoms with van der Waals surface area (Å²) in [5.74, 6) is -0.700. The van der Waals surface area contributed by atoms with Gasteiger partial charge in [-0.3, -0.25) is 0 Å². The van der Waals surface area contributed by atoms with Gasteiger partial charge in [0.2, 0.25) is 0 Å². The summed E-state index contributed by atoms with van der Waals surface area (Å²) in [6.45, 7) is 4.09. The fraction of sp³-hybridized carbons (Fsp3) is 1.00. The van der Waals surface area contributed by atoms with Crippen molar-refractivity contribution in [1.29, 1.82) is 0 Å². The highest BCUT2D eigenvalue weighted by Gasteiger charge is 2.33. The maximum Gasteiger partial charge on any atom is 0.164 e. The van der Waals surface area contributed by atoms with E-state index in [0.717, 1.165) is 0 Å². The predicted molar refractivity (Wildman–Crippen MR) is 39.7 cm³/mol. The average molecular weight is 161 g/mol. The van der Waals surface area contributed by atoms with E-state index in [4.69, 9.17) is 20.3 Å². The second-order valence-electron chi connectivity index (χ2n) is 3.24. The first-order chi connectivity index (χ1) is 5.05. The molecule has 1 rings (SSSR count).